The van der Waals surface area contributed by atoms with Crippen LogP contribution in [0, 0.1) is 0 Å². The van der Waals surface area contributed by atoms with E-state index in [0.29, 0.717) is 25.4 Å². The first-order valence-corrected chi connectivity index (χ1v) is 6.23. The van der Waals surface area contributed by atoms with E-state index in [1.807, 2.05) is 7.05 Å². The molecule has 20 heavy (non-hydrogen) atoms. The molecule has 1 N–H and O–H groups in total. The van der Waals surface area contributed by atoms with Gasteiger partial charge in [0.2, 0.25) is 0 Å². The molecule has 0 saturated carbocycles. The number of benzene rings is 1. The lowest BCUT2D eigenvalue weighted by Gasteiger charge is -2.07. The van der Waals surface area contributed by atoms with Gasteiger partial charge in [0.15, 0.2) is 5.75 Å². The van der Waals surface area contributed by atoms with Crippen molar-refractivity contribution in [3.63, 3.8) is 0 Å². The molecule has 0 fully saturated rings. The van der Waals surface area contributed by atoms with E-state index < -0.39 is 5.97 Å². The molecule has 0 amide bonds. The highest BCUT2D eigenvalue weighted by molar-refractivity contribution is 5.87. The van der Waals surface area contributed by atoms with E-state index in [9.17, 15) is 4.79 Å². The predicted octanol–water partition coefficient (Wildman–Crippen LogP) is 1.97. The number of hydrogen-bond donors (Lipinski definition) is 1. The highest BCUT2D eigenvalue weighted by Crippen LogP contribution is 2.13. The number of nitrogens with zero attached hydrogens (tertiary/aromatic N) is 2. The molecule has 0 atom stereocenters. The topological polar surface area (TPSA) is 73.6 Å². The van der Waals surface area contributed by atoms with Crippen molar-refractivity contribution in [1.29, 1.82) is 0 Å². The van der Waals surface area contributed by atoms with E-state index in [2.05, 4.69) is 5.10 Å². The van der Waals surface area contributed by atoms with Gasteiger partial charge in [0, 0.05) is 13.5 Å². The molecule has 0 radical (unpaired) electrons. The second-order valence-electron chi connectivity index (χ2n) is 4.23. The summed E-state index contributed by atoms with van der Waals surface area (Å²) >= 11 is 0. The first kappa shape index (κ1) is 13.9. The van der Waals surface area contributed by atoms with Crippen molar-refractivity contribution in [3.8, 4) is 11.5 Å². The van der Waals surface area contributed by atoms with Gasteiger partial charge in [0.1, 0.15) is 5.75 Å². The molecule has 0 bridgehead atoms. The number of aromatic nitrogens is 2. The third kappa shape index (κ3) is 4.01. The van der Waals surface area contributed by atoms with Crippen molar-refractivity contribution < 1.29 is 19.4 Å². The van der Waals surface area contributed by atoms with Crippen LogP contribution in [0.1, 0.15) is 16.8 Å². The zero-order chi connectivity index (χ0) is 14.4. The van der Waals surface area contributed by atoms with E-state index in [4.69, 9.17) is 14.6 Å². The number of aryl methyl sites for hydroxylation is 1. The predicted molar refractivity (Wildman–Crippen MR) is 72.2 cm³/mol. The normalized spacial score (nSPS) is 10.2. The third-order valence-electron chi connectivity index (χ3n) is 2.59. The van der Waals surface area contributed by atoms with Gasteiger partial charge in [-0.3, -0.25) is 4.68 Å². The Labute approximate surface area is 116 Å². The number of rotatable bonds is 7. The Bertz CT molecular complexity index is 580. The molecular formula is C14H16N2O4. The fraction of sp³-hybridized carbons (Fsp3) is 0.286. The Hall–Kier alpha value is -2.50. The first-order valence-electron chi connectivity index (χ1n) is 6.23. The minimum atomic E-state index is -0.963. The van der Waals surface area contributed by atoms with Gasteiger partial charge in [-0.15, -0.1) is 0 Å². The zero-order valence-electron chi connectivity index (χ0n) is 11.2. The average Bonchev–Trinajstić information content (AvgIpc) is 2.84. The van der Waals surface area contributed by atoms with Crippen LogP contribution in [0.25, 0.3) is 0 Å². The molecule has 6 nitrogen and oxygen atoms in total. The molecular weight excluding hydrogens is 260 g/mol. The van der Waals surface area contributed by atoms with Gasteiger partial charge in [0.25, 0.3) is 0 Å². The summed E-state index contributed by atoms with van der Waals surface area (Å²) in [6.45, 7) is 0.980. The van der Waals surface area contributed by atoms with Crippen LogP contribution in [0.5, 0.6) is 11.5 Å². The number of carbonyl (C=O) groups is 1. The van der Waals surface area contributed by atoms with Crippen molar-refractivity contribution in [2.45, 2.75) is 6.42 Å². The number of carboxylic acids is 1. The average molecular weight is 276 g/mol. The summed E-state index contributed by atoms with van der Waals surface area (Å²) < 4.78 is 12.6. The maximum atomic E-state index is 10.8. The zero-order valence-corrected chi connectivity index (χ0v) is 11.2. The fourth-order valence-electron chi connectivity index (χ4n) is 1.63. The van der Waals surface area contributed by atoms with Crippen molar-refractivity contribution in [2.24, 2.45) is 7.05 Å². The number of hydrogen-bond acceptors (Lipinski definition) is 4. The molecule has 6 heteroatoms. The second kappa shape index (κ2) is 6.60. The standard InChI is InChI=1S/C14H16N2O4/c1-16-10-13(9-15-16)20-7-3-6-19-12-5-2-4-11(8-12)14(17)18/h2,4-5,8-10H,3,6-7H2,1H3,(H,17,18). The molecule has 106 valence electrons. The number of carboxylic acid groups (broad SMARTS) is 1. The maximum absolute atomic E-state index is 10.8. The van der Waals surface area contributed by atoms with Crippen LogP contribution in [-0.2, 0) is 7.05 Å². The molecule has 0 aliphatic carbocycles. The van der Waals surface area contributed by atoms with Gasteiger partial charge in [-0.1, -0.05) is 6.07 Å². The molecule has 0 unspecified atom stereocenters. The lowest BCUT2D eigenvalue weighted by atomic mass is 10.2. The Morgan fingerprint density at radius 3 is 2.70 bits per heavy atom. The Morgan fingerprint density at radius 1 is 1.30 bits per heavy atom. The quantitative estimate of drug-likeness (QED) is 0.783. The summed E-state index contributed by atoms with van der Waals surface area (Å²) in [6, 6.07) is 6.42. The van der Waals surface area contributed by atoms with E-state index in [0.717, 1.165) is 5.75 Å². The Kier molecular flexibility index (Phi) is 4.60. The Morgan fingerprint density at radius 2 is 2.05 bits per heavy atom. The van der Waals surface area contributed by atoms with Crippen LogP contribution in [0.4, 0.5) is 0 Å². The van der Waals surface area contributed by atoms with Crippen molar-refractivity contribution in [3.05, 3.63) is 42.2 Å². The summed E-state index contributed by atoms with van der Waals surface area (Å²) in [7, 11) is 1.82. The van der Waals surface area contributed by atoms with Crippen molar-refractivity contribution >= 4 is 5.97 Å². The summed E-state index contributed by atoms with van der Waals surface area (Å²) in [5, 5.41) is 12.9. The summed E-state index contributed by atoms with van der Waals surface area (Å²) in [4.78, 5) is 10.8. The highest BCUT2D eigenvalue weighted by Gasteiger charge is 2.03. The second-order valence-corrected chi connectivity index (χ2v) is 4.23. The molecule has 0 aliphatic rings. The SMILES string of the molecule is Cn1cc(OCCCOc2cccc(C(=O)O)c2)cn1. The molecule has 0 saturated heterocycles. The van der Waals surface area contributed by atoms with Crippen LogP contribution in [0.2, 0.25) is 0 Å². The van der Waals surface area contributed by atoms with Gasteiger partial charge in [-0.25, -0.2) is 4.79 Å². The smallest absolute Gasteiger partial charge is 0.335 e. The van der Waals surface area contributed by atoms with Gasteiger partial charge >= 0.3 is 5.97 Å². The summed E-state index contributed by atoms with van der Waals surface area (Å²) in [5.41, 5.74) is 0.217. The van der Waals surface area contributed by atoms with Gasteiger partial charge < -0.3 is 14.6 Å². The highest BCUT2D eigenvalue weighted by atomic mass is 16.5. The van der Waals surface area contributed by atoms with Crippen molar-refractivity contribution in [1.82, 2.24) is 9.78 Å². The van der Waals surface area contributed by atoms with Crippen LogP contribution in [-0.4, -0.2) is 34.1 Å². The van der Waals surface area contributed by atoms with Crippen LogP contribution in [0.3, 0.4) is 0 Å². The molecule has 0 spiro atoms. The summed E-state index contributed by atoms with van der Waals surface area (Å²) in [5.74, 6) is 0.307. The minimum Gasteiger partial charge on any atom is -0.493 e. The largest absolute Gasteiger partial charge is 0.493 e. The Balaban J connectivity index is 1.70. The maximum Gasteiger partial charge on any atom is 0.335 e. The van der Waals surface area contributed by atoms with Crippen LogP contribution >= 0.6 is 0 Å². The number of aromatic carboxylic acids is 1. The fourth-order valence-corrected chi connectivity index (χ4v) is 1.63. The lowest BCUT2D eigenvalue weighted by Crippen LogP contribution is -2.05. The first-order chi connectivity index (χ1) is 9.65. The third-order valence-corrected chi connectivity index (χ3v) is 2.59. The van der Waals surface area contributed by atoms with Gasteiger partial charge in [0.05, 0.1) is 31.2 Å². The van der Waals surface area contributed by atoms with Gasteiger partial charge in [-0.05, 0) is 18.2 Å². The van der Waals surface area contributed by atoms with E-state index >= 15 is 0 Å². The molecule has 1 aromatic carbocycles. The van der Waals surface area contributed by atoms with Crippen LogP contribution in [0.15, 0.2) is 36.7 Å². The van der Waals surface area contributed by atoms with Crippen LogP contribution < -0.4 is 9.47 Å². The number of ether oxygens (including phenoxy) is 2. The lowest BCUT2D eigenvalue weighted by molar-refractivity contribution is 0.0696. The molecule has 0 aliphatic heterocycles. The van der Waals surface area contributed by atoms with E-state index in [-0.39, 0.29) is 5.56 Å². The van der Waals surface area contributed by atoms with Gasteiger partial charge in [-0.2, -0.15) is 5.10 Å². The van der Waals surface area contributed by atoms with E-state index in [1.165, 1.54) is 12.1 Å². The molecule has 1 heterocycles. The van der Waals surface area contributed by atoms with E-state index in [1.54, 1.807) is 29.2 Å². The molecule has 1 aromatic heterocycles. The monoisotopic (exact) mass is 276 g/mol. The summed E-state index contributed by atoms with van der Waals surface area (Å²) in [6.07, 6.45) is 4.14. The molecule has 2 rings (SSSR count). The minimum absolute atomic E-state index is 0.217. The van der Waals surface area contributed by atoms with Crippen molar-refractivity contribution in [2.75, 3.05) is 13.2 Å². The molecule has 2 aromatic rings.